The summed E-state index contributed by atoms with van der Waals surface area (Å²) in [5.41, 5.74) is 2.96. The van der Waals surface area contributed by atoms with Gasteiger partial charge in [0.2, 0.25) is 5.91 Å². The molecule has 2 aliphatic rings. The van der Waals surface area contributed by atoms with Gasteiger partial charge in [-0.1, -0.05) is 6.08 Å². The van der Waals surface area contributed by atoms with E-state index in [9.17, 15) is 14.0 Å². The molecule has 3 N–H and O–H groups in total. The van der Waals surface area contributed by atoms with E-state index in [2.05, 4.69) is 15.6 Å². The number of rotatable bonds is 2. The highest BCUT2D eigenvalue weighted by atomic mass is 19.1. The first-order chi connectivity index (χ1) is 13.1. The average Bonchev–Trinajstić information content (AvgIpc) is 2.98. The van der Waals surface area contributed by atoms with Crippen LogP contribution < -0.4 is 10.6 Å². The SMILES string of the molecule is O=C1NCCCC[C@@H]1NC(=O)N1CC=C(c2c[nH]c3cc(F)ccc23)CC1. The molecule has 1 aromatic heterocycles. The van der Waals surface area contributed by atoms with Crippen molar-refractivity contribution in [1.29, 1.82) is 0 Å². The summed E-state index contributed by atoms with van der Waals surface area (Å²) in [5, 5.41) is 6.68. The first-order valence-electron chi connectivity index (χ1n) is 9.41. The van der Waals surface area contributed by atoms with Gasteiger partial charge >= 0.3 is 6.03 Å². The van der Waals surface area contributed by atoms with Crippen LogP contribution in [0.1, 0.15) is 31.2 Å². The lowest BCUT2D eigenvalue weighted by Gasteiger charge is -2.28. The predicted octanol–water partition coefficient (Wildman–Crippen LogP) is 2.77. The van der Waals surface area contributed by atoms with Gasteiger partial charge in [0.05, 0.1) is 0 Å². The van der Waals surface area contributed by atoms with Crippen molar-refractivity contribution in [3.63, 3.8) is 0 Å². The maximum Gasteiger partial charge on any atom is 0.318 e. The van der Waals surface area contributed by atoms with E-state index in [-0.39, 0.29) is 17.8 Å². The van der Waals surface area contributed by atoms with Crippen LogP contribution in [0.3, 0.4) is 0 Å². The van der Waals surface area contributed by atoms with E-state index >= 15 is 0 Å². The summed E-state index contributed by atoms with van der Waals surface area (Å²) in [6.07, 6.45) is 7.19. The molecule has 3 amide bonds. The molecular formula is C20H23FN4O2. The molecule has 2 aliphatic heterocycles. The molecule has 2 aromatic rings. The molecule has 0 bridgehead atoms. The monoisotopic (exact) mass is 370 g/mol. The Morgan fingerprint density at radius 3 is 3.00 bits per heavy atom. The van der Waals surface area contributed by atoms with Crippen LogP contribution in [0.4, 0.5) is 9.18 Å². The molecule has 1 fully saturated rings. The van der Waals surface area contributed by atoms with Gasteiger partial charge in [-0.05, 0) is 49.5 Å². The van der Waals surface area contributed by atoms with Crippen molar-refractivity contribution in [3.05, 3.63) is 41.9 Å². The molecule has 0 spiro atoms. The van der Waals surface area contributed by atoms with Crippen molar-refractivity contribution in [2.24, 2.45) is 0 Å². The maximum absolute atomic E-state index is 13.4. The second-order valence-corrected chi connectivity index (χ2v) is 7.11. The molecule has 3 heterocycles. The lowest BCUT2D eigenvalue weighted by atomic mass is 9.99. The van der Waals surface area contributed by atoms with Crippen molar-refractivity contribution in [1.82, 2.24) is 20.5 Å². The fourth-order valence-electron chi connectivity index (χ4n) is 3.78. The highest BCUT2D eigenvalue weighted by Crippen LogP contribution is 2.29. The van der Waals surface area contributed by atoms with Gasteiger partial charge in [-0.2, -0.15) is 0 Å². The Kier molecular flexibility index (Phi) is 4.83. The van der Waals surface area contributed by atoms with Gasteiger partial charge in [-0.25, -0.2) is 9.18 Å². The van der Waals surface area contributed by atoms with Crippen molar-refractivity contribution < 1.29 is 14.0 Å². The highest BCUT2D eigenvalue weighted by molar-refractivity contribution is 5.93. The fraction of sp³-hybridized carbons (Fsp3) is 0.400. The number of halogens is 1. The minimum absolute atomic E-state index is 0.0971. The molecule has 27 heavy (non-hydrogen) atoms. The fourth-order valence-corrected chi connectivity index (χ4v) is 3.78. The number of urea groups is 1. The predicted molar refractivity (Wildman–Crippen MR) is 102 cm³/mol. The third-order valence-corrected chi connectivity index (χ3v) is 5.32. The largest absolute Gasteiger partial charge is 0.360 e. The molecule has 142 valence electrons. The Balaban J connectivity index is 1.43. The zero-order valence-corrected chi connectivity index (χ0v) is 15.1. The smallest absolute Gasteiger partial charge is 0.318 e. The van der Waals surface area contributed by atoms with E-state index in [1.165, 1.54) is 12.1 Å². The van der Waals surface area contributed by atoms with E-state index in [0.29, 0.717) is 32.5 Å². The van der Waals surface area contributed by atoms with E-state index in [0.717, 1.165) is 34.9 Å². The molecule has 6 nitrogen and oxygen atoms in total. The molecule has 0 aliphatic carbocycles. The van der Waals surface area contributed by atoms with Crippen molar-refractivity contribution in [3.8, 4) is 0 Å². The Morgan fingerprint density at radius 1 is 1.30 bits per heavy atom. The number of nitrogens with one attached hydrogen (secondary N) is 3. The molecule has 7 heteroatoms. The third kappa shape index (κ3) is 3.67. The second-order valence-electron chi connectivity index (χ2n) is 7.11. The summed E-state index contributed by atoms with van der Waals surface area (Å²) in [5.74, 6) is -0.362. The first kappa shape index (κ1) is 17.6. The van der Waals surface area contributed by atoms with Gasteiger partial charge in [0.25, 0.3) is 0 Å². The third-order valence-electron chi connectivity index (χ3n) is 5.32. The van der Waals surface area contributed by atoms with E-state index in [1.807, 2.05) is 12.3 Å². The molecular weight excluding hydrogens is 347 g/mol. The van der Waals surface area contributed by atoms with Crippen molar-refractivity contribution in [2.45, 2.75) is 31.7 Å². The Labute approximate surface area is 156 Å². The lowest BCUT2D eigenvalue weighted by Crippen LogP contribution is -2.51. The van der Waals surface area contributed by atoms with E-state index < -0.39 is 6.04 Å². The molecule has 1 saturated heterocycles. The van der Waals surface area contributed by atoms with Crippen LogP contribution in [-0.2, 0) is 4.79 Å². The van der Waals surface area contributed by atoms with Crippen molar-refractivity contribution >= 4 is 28.4 Å². The van der Waals surface area contributed by atoms with Gasteiger partial charge in [-0.15, -0.1) is 0 Å². The minimum atomic E-state index is -0.450. The number of carbonyl (C=O) groups is 2. The topological polar surface area (TPSA) is 77.2 Å². The van der Waals surface area contributed by atoms with E-state index in [1.54, 1.807) is 11.0 Å². The number of hydrogen-bond donors (Lipinski definition) is 3. The highest BCUT2D eigenvalue weighted by Gasteiger charge is 2.26. The quantitative estimate of drug-likeness (QED) is 0.760. The van der Waals surface area contributed by atoms with Gasteiger partial charge in [0, 0.05) is 42.3 Å². The Morgan fingerprint density at radius 2 is 2.19 bits per heavy atom. The normalized spacial score (nSPS) is 20.8. The molecule has 1 atom stereocenters. The first-order valence-corrected chi connectivity index (χ1v) is 9.41. The summed E-state index contributed by atoms with van der Waals surface area (Å²) in [7, 11) is 0. The van der Waals surface area contributed by atoms with Crippen LogP contribution in [-0.4, -0.2) is 47.5 Å². The summed E-state index contributed by atoms with van der Waals surface area (Å²) in [4.78, 5) is 29.4. The zero-order chi connectivity index (χ0) is 18.8. The summed E-state index contributed by atoms with van der Waals surface area (Å²) < 4.78 is 13.4. The van der Waals surface area contributed by atoms with Gasteiger partial charge < -0.3 is 20.5 Å². The number of fused-ring (bicyclic) bond motifs is 1. The molecule has 0 saturated carbocycles. The standard InChI is InChI=1S/C20H23FN4O2/c21-14-4-5-15-16(12-23-18(15)11-14)13-6-9-25(10-7-13)20(27)24-17-3-1-2-8-22-19(17)26/h4-6,11-12,17,23H,1-3,7-10H2,(H,22,26)(H,24,27)/t17-/m0/s1. The van der Waals surface area contributed by atoms with Crippen LogP contribution in [0.15, 0.2) is 30.5 Å². The molecule has 1 aromatic carbocycles. The lowest BCUT2D eigenvalue weighted by molar-refractivity contribution is -0.122. The minimum Gasteiger partial charge on any atom is -0.360 e. The number of carbonyl (C=O) groups excluding carboxylic acids is 2. The summed E-state index contributed by atoms with van der Waals surface area (Å²) in [6.45, 7) is 1.75. The van der Waals surface area contributed by atoms with Crippen LogP contribution in [0.2, 0.25) is 0 Å². The average molecular weight is 370 g/mol. The number of aromatic amines is 1. The number of hydrogen-bond acceptors (Lipinski definition) is 2. The van der Waals surface area contributed by atoms with Gasteiger partial charge in [-0.3, -0.25) is 4.79 Å². The second kappa shape index (κ2) is 7.42. The number of aromatic nitrogens is 1. The molecule has 0 unspecified atom stereocenters. The van der Waals surface area contributed by atoms with Crippen LogP contribution in [0.5, 0.6) is 0 Å². The maximum atomic E-state index is 13.4. The van der Waals surface area contributed by atoms with Gasteiger partial charge in [0.1, 0.15) is 11.9 Å². The summed E-state index contributed by atoms with van der Waals surface area (Å²) >= 11 is 0. The number of amides is 3. The number of nitrogens with zero attached hydrogens (tertiary/aromatic N) is 1. The van der Waals surface area contributed by atoms with Crippen LogP contribution in [0, 0.1) is 5.82 Å². The Hall–Kier alpha value is -2.83. The zero-order valence-electron chi connectivity index (χ0n) is 15.1. The molecule has 4 rings (SSSR count). The van der Waals surface area contributed by atoms with Crippen molar-refractivity contribution in [2.75, 3.05) is 19.6 Å². The van der Waals surface area contributed by atoms with Gasteiger partial charge in [0.15, 0.2) is 0 Å². The number of H-pyrrole nitrogens is 1. The summed E-state index contributed by atoms with van der Waals surface area (Å²) in [6, 6.07) is 4.07. The molecule has 0 radical (unpaired) electrons. The van der Waals surface area contributed by atoms with Crippen LogP contribution >= 0.6 is 0 Å². The van der Waals surface area contributed by atoms with Crippen LogP contribution in [0.25, 0.3) is 16.5 Å². The Bertz CT molecular complexity index is 905. The number of benzene rings is 1. The van der Waals surface area contributed by atoms with E-state index in [4.69, 9.17) is 0 Å².